The lowest BCUT2D eigenvalue weighted by atomic mass is 10.1. The number of benzene rings is 2. The summed E-state index contributed by atoms with van der Waals surface area (Å²) in [6.07, 6.45) is 0.192. The summed E-state index contributed by atoms with van der Waals surface area (Å²) in [5.74, 6) is 0.753. The van der Waals surface area contributed by atoms with Crippen LogP contribution in [0, 0.1) is 13.8 Å². The molecule has 122 valence electrons. The molecule has 23 heavy (non-hydrogen) atoms. The maximum absolute atomic E-state index is 12.6. The average molecular weight is 311 g/mol. The highest BCUT2D eigenvalue weighted by Gasteiger charge is 2.22. The maximum atomic E-state index is 12.6. The highest BCUT2D eigenvalue weighted by Crippen LogP contribution is 2.17. The molecule has 0 fully saturated rings. The molecular formula is C20H25NO2. The van der Waals surface area contributed by atoms with Gasteiger partial charge in [-0.25, -0.2) is 0 Å². The van der Waals surface area contributed by atoms with Gasteiger partial charge in [-0.15, -0.1) is 0 Å². The zero-order chi connectivity index (χ0) is 16.8. The Morgan fingerprint density at radius 3 is 2.39 bits per heavy atom. The fourth-order valence-corrected chi connectivity index (χ4v) is 2.45. The van der Waals surface area contributed by atoms with Gasteiger partial charge in [0.15, 0.2) is 6.10 Å². The van der Waals surface area contributed by atoms with E-state index in [2.05, 4.69) is 31.2 Å². The van der Waals surface area contributed by atoms with Gasteiger partial charge in [-0.2, -0.15) is 0 Å². The quantitative estimate of drug-likeness (QED) is 0.803. The van der Waals surface area contributed by atoms with Crippen molar-refractivity contribution in [2.75, 3.05) is 7.05 Å². The van der Waals surface area contributed by atoms with Crippen molar-refractivity contribution < 1.29 is 9.53 Å². The first-order chi connectivity index (χ1) is 11.0. The summed E-state index contributed by atoms with van der Waals surface area (Å²) in [6, 6.07) is 16.0. The molecule has 0 heterocycles. The van der Waals surface area contributed by atoms with Crippen molar-refractivity contribution in [2.24, 2.45) is 0 Å². The maximum Gasteiger partial charge on any atom is 0.263 e. The number of ether oxygens (including phenoxy) is 1. The van der Waals surface area contributed by atoms with Crippen molar-refractivity contribution in [3.8, 4) is 5.75 Å². The van der Waals surface area contributed by atoms with Crippen molar-refractivity contribution in [2.45, 2.75) is 39.8 Å². The van der Waals surface area contributed by atoms with Crippen LogP contribution in [-0.4, -0.2) is 24.0 Å². The van der Waals surface area contributed by atoms with Crippen LogP contribution in [-0.2, 0) is 11.3 Å². The summed E-state index contributed by atoms with van der Waals surface area (Å²) in [5.41, 5.74) is 3.46. The van der Waals surface area contributed by atoms with Gasteiger partial charge in [0, 0.05) is 13.6 Å². The summed E-state index contributed by atoms with van der Waals surface area (Å²) in [4.78, 5) is 14.4. The number of hydrogen-bond acceptors (Lipinski definition) is 2. The van der Waals surface area contributed by atoms with Gasteiger partial charge >= 0.3 is 0 Å². The first-order valence-electron chi connectivity index (χ1n) is 8.03. The van der Waals surface area contributed by atoms with E-state index in [0.717, 1.165) is 16.9 Å². The number of carbonyl (C=O) groups is 1. The van der Waals surface area contributed by atoms with Crippen LogP contribution >= 0.6 is 0 Å². The van der Waals surface area contributed by atoms with E-state index < -0.39 is 6.10 Å². The number of nitrogens with zero attached hydrogens (tertiary/aromatic N) is 1. The standard InChI is InChI=1S/C20H25NO2/c1-5-19(23-18-8-6-7-16(3)13-18)20(22)21(4)14-17-11-9-15(2)10-12-17/h6-13,19H,5,14H2,1-4H3/t19-/m0/s1. The Kier molecular flexibility index (Phi) is 5.80. The van der Waals surface area contributed by atoms with Crippen molar-refractivity contribution in [1.82, 2.24) is 4.90 Å². The molecule has 1 amide bonds. The molecular weight excluding hydrogens is 286 g/mol. The number of likely N-dealkylation sites (N-methyl/N-ethyl adjacent to an activating group) is 1. The Hall–Kier alpha value is -2.29. The second-order valence-electron chi connectivity index (χ2n) is 6.01. The third-order valence-electron chi connectivity index (χ3n) is 3.83. The van der Waals surface area contributed by atoms with Gasteiger partial charge in [0.25, 0.3) is 5.91 Å². The number of hydrogen-bond donors (Lipinski definition) is 0. The van der Waals surface area contributed by atoms with Crippen LogP contribution in [0.25, 0.3) is 0 Å². The van der Waals surface area contributed by atoms with Crippen LogP contribution in [0.1, 0.15) is 30.0 Å². The molecule has 0 saturated heterocycles. The third kappa shape index (κ3) is 4.85. The van der Waals surface area contributed by atoms with Crippen LogP contribution in [0.4, 0.5) is 0 Å². The fraction of sp³-hybridized carbons (Fsp3) is 0.350. The number of amides is 1. The third-order valence-corrected chi connectivity index (χ3v) is 3.83. The lowest BCUT2D eigenvalue weighted by Crippen LogP contribution is -2.39. The van der Waals surface area contributed by atoms with Crippen LogP contribution in [0.5, 0.6) is 5.75 Å². The molecule has 0 N–H and O–H groups in total. The first kappa shape index (κ1) is 17.1. The van der Waals surface area contributed by atoms with Gasteiger partial charge in [-0.05, 0) is 43.5 Å². The molecule has 2 aromatic rings. The molecule has 0 aliphatic carbocycles. The Labute approximate surface area is 138 Å². The van der Waals surface area contributed by atoms with Gasteiger partial charge in [-0.3, -0.25) is 4.79 Å². The smallest absolute Gasteiger partial charge is 0.263 e. The molecule has 3 nitrogen and oxygen atoms in total. The SMILES string of the molecule is CC[C@H](Oc1cccc(C)c1)C(=O)N(C)Cc1ccc(C)cc1. The van der Waals surface area contributed by atoms with E-state index in [-0.39, 0.29) is 5.91 Å². The van der Waals surface area contributed by atoms with Gasteiger partial charge in [0.2, 0.25) is 0 Å². The predicted molar refractivity (Wildman–Crippen MR) is 93.5 cm³/mol. The van der Waals surface area contributed by atoms with Crippen LogP contribution in [0.3, 0.4) is 0 Å². The van der Waals surface area contributed by atoms with Crippen LogP contribution in [0.15, 0.2) is 48.5 Å². The largest absolute Gasteiger partial charge is 0.481 e. The predicted octanol–water partition coefficient (Wildman–Crippen LogP) is 4.12. The van der Waals surface area contributed by atoms with Crippen molar-refractivity contribution in [3.05, 3.63) is 65.2 Å². The second kappa shape index (κ2) is 7.82. The van der Waals surface area contributed by atoms with Crippen LogP contribution in [0.2, 0.25) is 0 Å². The van der Waals surface area contributed by atoms with E-state index in [1.165, 1.54) is 5.56 Å². The van der Waals surface area contributed by atoms with Crippen molar-refractivity contribution >= 4 is 5.91 Å². The zero-order valence-electron chi connectivity index (χ0n) is 14.4. The molecule has 1 atom stereocenters. The molecule has 0 aliphatic heterocycles. The van der Waals surface area contributed by atoms with Gasteiger partial charge in [0.05, 0.1) is 0 Å². The Balaban J connectivity index is 2.02. The number of aryl methyl sites for hydroxylation is 2. The van der Waals surface area contributed by atoms with Crippen LogP contribution < -0.4 is 4.74 Å². The second-order valence-corrected chi connectivity index (χ2v) is 6.01. The van der Waals surface area contributed by atoms with E-state index in [1.807, 2.05) is 45.2 Å². The lowest BCUT2D eigenvalue weighted by Gasteiger charge is -2.24. The Morgan fingerprint density at radius 1 is 1.09 bits per heavy atom. The molecule has 2 aromatic carbocycles. The minimum absolute atomic E-state index is 0.00887. The summed E-state index contributed by atoms with van der Waals surface area (Å²) in [7, 11) is 1.82. The van der Waals surface area contributed by atoms with E-state index in [9.17, 15) is 4.79 Å². The summed E-state index contributed by atoms with van der Waals surface area (Å²) in [5, 5.41) is 0. The number of rotatable bonds is 6. The molecule has 0 aliphatic rings. The molecule has 0 spiro atoms. The normalized spacial score (nSPS) is 11.8. The molecule has 0 saturated carbocycles. The Bertz CT molecular complexity index is 649. The minimum atomic E-state index is -0.452. The van der Waals surface area contributed by atoms with Crippen molar-refractivity contribution in [3.63, 3.8) is 0 Å². The summed E-state index contributed by atoms with van der Waals surface area (Å²) < 4.78 is 5.89. The van der Waals surface area contributed by atoms with Crippen molar-refractivity contribution in [1.29, 1.82) is 0 Å². The molecule has 0 radical (unpaired) electrons. The zero-order valence-corrected chi connectivity index (χ0v) is 14.4. The van der Waals surface area contributed by atoms with Gasteiger partial charge in [-0.1, -0.05) is 48.9 Å². The molecule has 2 rings (SSSR count). The molecule has 0 aromatic heterocycles. The average Bonchev–Trinajstić information content (AvgIpc) is 2.54. The lowest BCUT2D eigenvalue weighted by molar-refractivity contribution is -0.138. The molecule has 0 unspecified atom stereocenters. The topological polar surface area (TPSA) is 29.5 Å². The summed E-state index contributed by atoms with van der Waals surface area (Å²) >= 11 is 0. The van der Waals surface area contributed by atoms with E-state index in [0.29, 0.717) is 13.0 Å². The Morgan fingerprint density at radius 2 is 1.78 bits per heavy atom. The number of carbonyl (C=O) groups excluding carboxylic acids is 1. The summed E-state index contributed by atoms with van der Waals surface area (Å²) in [6.45, 7) is 6.63. The highest BCUT2D eigenvalue weighted by atomic mass is 16.5. The van der Waals surface area contributed by atoms with E-state index >= 15 is 0 Å². The first-order valence-corrected chi connectivity index (χ1v) is 8.03. The van der Waals surface area contributed by atoms with Gasteiger partial charge < -0.3 is 9.64 Å². The van der Waals surface area contributed by atoms with E-state index in [4.69, 9.17) is 4.74 Å². The highest BCUT2D eigenvalue weighted by molar-refractivity contribution is 5.81. The van der Waals surface area contributed by atoms with E-state index in [1.54, 1.807) is 4.90 Å². The van der Waals surface area contributed by atoms with Gasteiger partial charge in [0.1, 0.15) is 5.75 Å². The molecule has 3 heteroatoms. The monoisotopic (exact) mass is 311 g/mol. The molecule has 0 bridgehead atoms. The minimum Gasteiger partial charge on any atom is -0.481 e. The fourth-order valence-electron chi connectivity index (χ4n) is 2.45.